The van der Waals surface area contributed by atoms with Gasteiger partial charge in [0.1, 0.15) is 5.92 Å². The summed E-state index contributed by atoms with van der Waals surface area (Å²) in [6, 6.07) is 7.63. The van der Waals surface area contributed by atoms with E-state index in [-0.39, 0.29) is 12.5 Å². The summed E-state index contributed by atoms with van der Waals surface area (Å²) in [5.41, 5.74) is 2.61. The molecule has 0 saturated carbocycles. The molecule has 5 heteroatoms. The molecule has 1 heterocycles. The Morgan fingerprint density at radius 3 is 2.68 bits per heavy atom. The van der Waals surface area contributed by atoms with E-state index in [1.807, 2.05) is 38.1 Å². The minimum Gasteiger partial charge on any atom is -0.394 e. The molecule has 0 radical (unpaired) electrons. The molecular weight excluding hydrogens is 242 g/mol. The molecule has 0 aromatic heterocycles. The number of hydrogen-bond acceptors (Lipinski definition) is 4. The Kier molecular flexibility index (Phi) is 4.06. The largest absolute Gasteiger partial charge is 0.394 e. The predicted molar refractivity (Wildman–Crippen MR) is 75.7 cm³/mol. The van der Waals surface area contributed by atoms with Gasteiger partial charge in [-0.2, -0.15) is 10.1 Å². The van der Waals surface area contributed by atoms with Crippen LogP contribution >= 0.6 is 0 Å². The zero-order valence-electron chi connectivity index (χ0n) is 11.1. The number of nitrogens with zero attached hydrogens (tertiary/aromatic N) is 3. The minimum absolute atomic E-state index is 0.0186. The second-order valence-corrected chi connectivity index (χ2v) is 4.48. The number of anilines is 1. The van der Waals surface area contributed by atoms with E-state index in [2.05, 4.69) is 10.1 Å². The first-order chi connectivity index (χ1) is 9.13. The Balaban J connectivity index is 2.18. The maximum Gasteiger partial charge on any atom is 0.261 e. The zero-order chi connectivity index (χ0) is 13.8. The van der Waals surface area contributed by atoms with Gasteiger partial charge in [0.25, 0.3) is 5.91 Å². The van der Waals surface area contributed by atoms with Gasteiger partial charge in [-0.3, -0.25) is 9.79 Å². The van der Waals surface area contributed by atoms with Crippen molar-refractivity contribution in [3.63, 3.8) is 0 Å². The van der Waals surface area contributed by atoms with Crippen LogP contribution in [-0.4, -0.2) is 36.1 Å². The minimum atomic E-state index is -0.423. The van der Waals surface area contributed by atoms with Crippen molar-refractivity contribution in [2.24, 2.45) is 16.0 Å². The maximum absolute atomic E-state index is 12.3. The number of hydrazone groups is 1. The molecule has 100 valence electrons. The average Bonchev–Trinajstić information content (AvgIpc) is 2.68. The Hall–Kier alpha value is -2.01. The Morgan fingerprint density at radius 1 is 1.37 bits per heavy atom. The van der Waals surface area contributed by atoms with Crippen LogP contribution in [0.3, 0.4) is 0 Å². The lowest BCUT2D eigenvalue weighted by atomic mass is 10.1. The second kappa shape index (κ2) is 5.75. The summed E-state index contributed by atoms with van der Waals surface area (Å²) in [5, 5.41) is 14.4. The summed E-state index contributed by atoms with van der Waals surface area (Å²) < 4.78 is 0. The number of rotatable bonds is 4. The SMILES string of the molecule is CC1=NN(c2ccc(C)cc2)C(=O)[C@@H]1C=NCCO. The van der Waals surface area contributed by atoms with E-state index in [0.29, 0.717) is 12.3 Å². The third kappa shape index (κ3) is 2.88. The number of amides is 1. The summed E-state index contributed by atoms with van der Waals surface area (Å²) >= 11 is 0. The van der Waals surface area contributed by atoms with Crippen LogP contribution in [0.4, 0.5) is 5.69 Å². The van der Waals surface area contributed by atoms with Gasteiger partial charge >= 0.3 is 0 Å². The van der Waals surface area contributed by atoms with Crippen LogP contribution in [0.1, 0.15) is 12.5 Å². The third-order valence-electron chi connectivity index (χ3n) is 2.94. The van der Waals surface area contributed by atoms with Gasteiger partial charge in [-0.05, 0) is 26.0 Å². The Morgan fingerprint density at radius 2 is 2.05 bits per heavy atom. The van der Waals surface area contributed by atoms with Gasteiger partial charge in [-0.1, -0.05) is 17.7 Å². The molecule has 5 nitrogen and oxygen atoms in total. The molecule has 0 unspecified atom stereocenters. The lowest BCUT2D eigenvalue weighted by molar-refractivity contribution is -0.118. The van der Waals surface area contributed by atoms with Crippen molar-refractivity contribution in [2.45, 2.75) is 13.8 Å². The van der Waals surface area contributed by atoms with E-state index in [0.717, 1.165) is 11.3 Å². The molecule has 1 atom stereocenters. The molecule has 1 N–H and O–H groups in total. The van der Waals surface area contributed by atoms with E-state index in [1.165, 1.54) is 5.01 Å². The van der Waals surface area contributed by atoms with E-state index in [1.54, 1.807) is 6.21 Å². The van der Waals surface area contributed by atoms with E-state index < -0.39 is 5.92 Å². The number of carbonyl (C=O) groups is 1. The fourth-order valence-electron chi connectivity index (χ4n) is 1.86. The number of aliphatic hydroxyl groups excluding tert-OH is 1. The first kappa shape index (κ1) is 13.4. The lowest BCUT2D eigenvalue weighted by Gasteiger charge is -2.12. The smallest absolute Gasteiger partial charge is 0.261 e. The van der Waals surface area contributed by atoms with Crippen LogP contribution in [0.25, 0.3) is 0 Å². The molecule has 1 aliphatic rings. The highest BCUT2D eigenvalue weighted by Gasteiger charge is 2.32. The highest BCUT2D eigenvalue weighted by molar-refractivity contribution is 6.23. The van der Waals surface area contributed by atoms with Gasteiger partial charge in [0.15, 0.2) is 0 Å². The van der Waals surface area contributed by atoms with E-state index >= 15 is 0 Å². The Labute approximate surface area is 112 Å². The lowest BCUT2D eigenvalue weighted by Crippen LogP contribution is -2.28. The van der Waals surface area contributed by atoms with Gasteiger partial charge in [0.2, 0.25) is 0 Å². The number of aliphatic imine (C=N–C) groups is 1. The van der Waals surface area contributed by atoms with E-state index in [9.17, 15) is 4.79 Å². The molecule has 0 aliphatic carbocycles. The molecule has 0 saturated heterocycles. The highest BCUT2D eigenvalue weighted by atomic mass is 16.3. The van der Waals surface area contributed by atoms with Gasteiger partial charge < -0.3 is 5.11 Å². The van der Waals surface area contributed by atoms with Gasteiger partial charge in [0, 0.05) is 6.21 Å². The van der Waals surface area contributed by atoms with Crippen LogP contribution < -0.4 is 5.01 Å². The van der Waals surface area contributed by atoms with Crippen molar-refractivity contribution in [3.8, 4) is 0 Å². The zero-order valence-corrected chi connectivity index (χ0v) is 11.1. The molecule has 1 aliphatic heterocycles. The number of aliphatic hydroxyl groups is 1. The van der Waals surface area contributed by atoms with Crippen molar-refractivity contribution in [1.29, 1.82) is 0 Å². The van der Waals surface area contributed by atoms with Crippen molar-refractivity contribution in [3.05, 3.63) is 29.8 Å². The maximum atomic E-state index is 12.3. The summed E-state index contributed by atoms with van der Waals surface area (Å²) in [4.78, 5) is 16.3. The standard InChI is InChI=1S/C14H17N3O2/c1-10-3-5-12(6-4-10)17-14(19)13(11(2)16-17)9-15-7-8-18/h3-6,9,13,18H,7-8H2,1-2H3/t13-/m1/s1. The summed E-state index contributed by atoms with van der Waals surface area (Å²) in [7, 11) is 0. The van der Waals surface area contributed by atoms with Crippen molar-refractivity contribution >= 4 is 23.5 Å². The van der Waals surface area contributed by atoms with E-state index in [4.69, 9.17) is 5.11 Å². The van der Waals surface area contributed by atoms with Crippen molar-refractivity contribution in [2.75, 3.05) is 18.2 Å². The van der Waals surface area contributed by atoms with Gasteiger partial charge in [0.05, 0.1) is 24.6 Å². The molecule has 1 aromatic rings. The van der Waals surface area contributed by atoms with Crippen LogP contribution in [0.2, 0.25) is 0 Å². The third-order valence-corrected chi connectivity index (χ3v) is 2.94. The second-order valence-electron chi connectivity index (χ2n) is 4.48. The molecule has 1 aromatic carbocycles. The number of benzene rings is 1. The van der Waals surface area contributed by atoms with Crippen LogP contribution in [0.5, 0.6) is 0 Å². The topological polar surface area (TPSA) is 65.3 Å². The molecule has 0 fully saturated rings. The molecule has 2 rings (SSSR count). The summed E-state index contributed by atoms with van der Waals surface area (Å²) in [6.45, 7) is 4.09. The first-order valence-corrected chi connectivity index (χ1v) is 6.20. The average molecular weight is 259 g/mol. The first-order valence-electron chi connectivity index (χ1n) is 6.20. The number of aryl methyl sites for hydroxylation is 1. The van der Waals surface area contributed by atoms with Gasteiger partial charge in [-0.25, -0.2) is 0 Å². The molecule has 0 spiro atoms. The summed E-state index contributed by atoms with van der Waals surface area (Å²) in [5.74, 6) is -0.532. The Bertz CT molecular complexity index is 520. The van der Waals surface area contributed by atoms with Crippen molar-refractivity contribution < 1.29 is 9.90 Å². The van der Waals surface area contributed by atoms with Crippen LogP contribution in [-0.2, 0) is 4.79 Å². The fourth-order valence-corrected chi connectivity index (χ4v) is 1.86. The monoisotopic (exact) mass is 259 g/mol. The van der Waals surface area contributed by atoms with Crippen LogP contribution in [0, 0.1) is 12.8 Å². The molecule has 19 heavy (non-hydrogen) atoms. The van der Waals surface area contributed by atoms with Crippen molar-refractivity contribution in [1.82, 2.24) is 0 Å². The predicted octanol–water partition coefficient (Wildman–Crippen LogP) is 1.40. The molecular formula is C14H17N3O2. The molecule has 1 amide bonds. The van der Waals surface area contributed by atoms with Gasteiger partial charge in [-0.15, -0.1) is 0 Å². The number of hydrogen-bond donors (Lipinski definition) is 1. The highest BCUT2D eigenvalue weighted by Crippen LogP contribution is 2.23. The fraction of sp³-hybridized carbons (Fsp3) is 0.357. The van der Waals surface area contributed by atoms with Crippen LogP contribution in [0.15, 0.2) is 34.4 Å². The normalized spacial score (nSPS) is 19.3. The quantitative estimate of drug-likeness (QED) is 0.830. The number of carbonyl (C=O) groups excluding carboxylic acids is 1. The summed E-state index contributed by atoms with van der Waals surface area (Å²) in [6.07, 6.45) is 1.56. The molecule has 0 bridgehead atoms.